The van der Waals surface area contributed by atoms with E-state index in [1.54, 1.807) is 7.11 Å². The van der Waals surface area contributed by atoms with E-state index in [0.717, 1.165) is 16.9 Å². The van der Waals surface area contributed by atoms with Gasteiger partial charge >= 0.3 is 5.79 Å². The molecule has 24 heavy (non-hydrogen) atoms. The average Bonchev–Trinajstić information content (AvgIpc) is 3.03. The van der Waals surface area contributed by atoms with Crippen molar-refractivity contribution in [3.05, 3.63) is 88.9 Å². The van der Waals surface area contributed by atoms with Gasteiger partial charge in [0.1, 0.15) is 5.75 Å². The van der Waals surface area contributed by atoms with Crippen molar-refractivity contribution in [3.63, 3.8) is 0 Å². The molecule has 0 fully saturated rings. The normalized spacial score (nSPS) is 14.4. The molecule has 0 bridgehead atoms. The van der Waals surface area contributed by atoms with Crippen LogP contribution in [0.1, 0.15) is 11.1 Å². The topological polar surface area (TPSA) is 27.7 Å². The first-order chi connectivity index (χ1) is 11.7. The molecule has 1 heterocycles. The largest absolute Gasteiger partial charge is 0.497 e. The predicted octanol–water partition coefficient (Wildman–Crippen LogP) is 5.02. The average molecular weight is 339 g/mol. The zero-order chi connectivity index (χ0) is 16.6. The highest BCUT2D eigenvalue weighted by Gasteiger charge is 2.45. The van der Waals surface area contributed by atoms with E-state index in [1.165, 1.54) is 0 Å². The van der Waals surface area contributed by atoms with E-state index in [4.69, 9.17) is 25.8 Å². The molecule has 0 saturated heterocycles. The minimum atomic E-state index is -1.04. The van der Waals surface area contributed by atoms with Gasteiger partial charge < -0.3 is 14.2 Å². The molecule has 0 amide bonds. The Morgan fingerprint density at radius 2 is 1.25 bits per heavy atom. The third kappa shape index (κ3) is 2.38. The summed E-state index contributed by atoms with van der Waals surface area (Å²) in [6.45, 7) is 0. The van der Waals surface area contributed by atoms with Crippen LogP contribution < -0.4 is 14.2 Å². The zero-order valence-electron chi connectivity index (χ0n) is 13.0. The van der Waals surface area contributed by atoms with Gasteiger partial charge in [0.05, 0.1) is 7.11 Å². The molecule has 4 rings (SSSR count). The van der Waals surface area contributed by atoms with Gasteiger partial charge in [0, 0.05) is 16.1 Å². The van der Waals surface area contributed by atoms with E-state index in [1.807, 2.05) is 72.8 Å². The van der Waals surface area contributed by atoms with Crippen molar-refractivity contribution in [3.8, 4) is 17.2 Å². The molecule has 0 aromatic heterocycles. The molecule has 3 aromatic carbocycles. The molecule has 1 aliphatic rings. The molecule has 3 nitrogen and oxygen atoms in total. The third-order valence-electron chi connectivity index (χ3n) is 4.05. The first-order valence-electron chi connectivity index (χ1n) is 7.59. The minimum Gasteiger partial charge on any atom is -0.497 e. The zero-order valence-corrected chi connectivity index (χ0v) is 13.8. The number of rotatable bonds is 3. The Bertz CT molecular complexity index is 832. The van der Waals surface area contributed by atoms with E-state index >= 15 is 0 Å². The van der Waals surface area contributed by atoms with Gasteiger partial charge in [0.2, 0.25) is 0 Å². The maximum atomic E-state index is 6.27. The molecular weight excluding hydrogens is 324 g/mol. The third-order valence-corrected chi connectivity index (χ3v) is 4.30. The van der Waals surface area contributed by atoms with Gasteiger partial charge in [0.25, 0.3) is 0 Å². The molecule has 0 aliphatic carbocycles. The van der Waals surface area contributed by atoms with E-state index in [2.05, 4.69) is 0 Å². The summed E-state index contributed by atoms with van der Waals surface area (Å²) in [5, 5.41) is 0.666. The van der Waals surface area contributed by atoms with Crippen molar-refractivity contribution in [2.45, 2.75) is 5.79 Å². The molecule has 0 spiro atoms. The van der Waals surface area contributed by atoms with E-state index in [9.17, 15) is 0 Å². The van der Waals surface area contributed by atoms with Crippen molar-refractivity contribution in [1.29, 1.82) is 0 Å². The summed E-state index contributed by atoms with van der Waals surface area (Å²) in [4.78, 5) is 0. The first-order valence-corrected chi connectivity index (χ1v) is 7.97. The molecule has 120 valence electrons. The Kier molecular flexibility index (Phi) is 3.58. The summed E-state index contributed by atoms with van der Waals surface area (Å²) in [6.07, 6.45) is 0. The van der Waals surface area contributed by atoms with Crippen LogP contribution >= 0.6 is 11.6 Å². The Morgan fingerprint density at radius 3 is 1.75 bits per heavy atom. The number of ether oxygens (including phenoxy) is 3. The quantitative estimate of drug-likeness (QED) is 0.671. The standard InChI is InChI=1S/C20H15ClO3/c1-22-17-12-8-15(9-13-17)20(14-6-10-16(21)11-7-14)23-18-4-2-3-5-19(18)24-20/h2-13H,1H3. The fourth-order valence-corrected chi connectivity index (χ4v) is 2.96. The maximum Gasteiger partial charge on any atom is 0.305 e. The Hall–Kier alpha value is -2.65. The molecule has 0 radical (unpaired) electrons. The molecular formula is C20H15ClO3. The summed E-state index contributed by atoms with van der Waals surface area (Å²) < 4.78 is 17.8. The van der Waals surface area contributed by atoms with Gasteiger partial charge in [-0.3, -0.25) is 0 Å². The van der Waals surface area contributed by atoms with Gasteiger partial charge in [-0.2, -0.15) is 0 Å². The van der Waals surface area contributed by atoms with Gasteiger partial charge in [0.15, 0.2) is 11.5 Å². The monoisotopic (exact) mass is 338 g/mol. The van der Waals surface area contributed by atoms with E-state index in [0.29, 0.717) is 16.5 Å². The number of para-hydroxylation sites is 2. The van der Waals surface area contributed by atoms with Crippen molar-refractivity contribution in [2.24, 2.45) is 0 Å². The van der Waals surface area contributed by atoms with E-state index < -0.39 is 5.79 Å². The molecule has 0 N–H and O–H groups in total. The van der Waals surface area contributed by atoms with Crippen LogP contribution in [0.15, 0.2) is 72.8 Å². The number of fused-ring (bicyclic) bond motifs is 1. The number of hydrogen-bond donors (Lipinski definition) is 0. The highest BCUT2D eigenvalue weighted by molar-refractivity contribution is 6.30. The Balaban J connectivity index is 1.85. The molecule has 1 aliphatic heterocycles. The Morgan fingerprint density at radius 1 is 0.750 bits per heavy atom. The van der Waals surface area contributed by atoms with Crippen LogP contribution in [0.25, 0.3) is 0 Å². The first kappa shape index (κ1) is 14.9. The van der Waals surface area contributed by atoms with E-state index in [-0.39, 0.29) is 0 Å². The second-order valence-corrected chi connectivity index (χ2v) is 5.94. The van der Waals surface area contributed by atoms with Crippen LogP contribution in [-0.4, -0.2) is 7.11 Å². The highest BCUT2D eigenvalue weighted by Crippen LogP contribution is 2.47. The molecule has 0 unspecified atom stereocenters. The van der Waals surface area contributed by atoms with Crippen LogP contribution in [-0.2, 0) is 5.79 Å². The molecule has 0 saturated carbocycles. The highest BCUT2D eigenvalue weighted by atomic mass is 35.5. The van der Waals surface area contributed by atoms with Crippen LogP contribution in [0.4, 0.5) is 0 Å². The summed E-state index contributed by atoms with van der Waals surface area (Å²) in [7, 11) is 1.64. The lowest BCUT2D eigenvalue weighted by Crippen LogP contribution is -2.36. The lowest BCUT2D eigenvalue weighted by atomic mass is 9.97. The Labute approximate surface area is 145 Å². The van der Waals surface area contributed by atoms with Gasteiger partial charge in [-0.25, -0.2) is 0 Å². The lowest BCUT2D eigenvalue weighted by molar-refractivity contribution is -0.0459. The smallest absolute Gasteiger partial charge is 0.305 e. The van der Waals surface area contributed by atoms with Gasteiger partial charge in [-0.1, -0.05) is 23.7 Å². The second kappa shape index (κ2) is 5.77. The van der Waals surface area contributed by atoms with Crippen molar-refractivity contribution in [1.82, 2.24) is 0 Å². The SMILES string of the molecule is COc1ccc(C2(c3ccc(Cl)cc3)Oc3ccccc3O2)cc1. The fourth-order valence-electron chi connectivity index (χ4n) is 2.83. The maximum absolute atomic E-state index is 6.27. The molecule has 4 heteroatoms. The van der Waals surface area contributed by atoms with Crippen molar-refractivity contribution < 1.29 is 14.2 Å². The minimum absolute atomic E-state index is 0.666. The summed E-state index contributed by atoms with van der Waals surface area (Å²) >= 11 is 6.04. The van der Waals surface area contributed by atoms with Gasteiger partial charge in [-0.05, 0) is 60.7 Å². The number of benzene rings is 3. The van der Waals surface area contributed by atoms with Crippen LogP contribution in [0.2, 0.25) is 5.02 Å². The second-order valence-electron chi connectivity index (χ2n) is 5.50. The summed E-state index contributed by atoms with van der Waals surface area (Å²) in [5.41, 5.74) is 1.75. The van der Waals surface area contributed by atoms with Crippen LogP contribution in [0, 0.1) is 0 Å². The summed E-state index contributed by atoms with van der Waals surface area (Å²) in [6, 6.07) is 22.8. The van der Waals surface area contributed by atoms with Crippen LogP contribution in [0.5, 0.6) is 17.2 Å². The van der Waals surface area contributed by atoms with Crippen LogP contribution in [0.3, 0.4) is 0 Å². The molecule has 0 atom stereocenters. The summed E-state index contributed by atoms with van der Waals surface area (Å²) in [5.74, 6) is 1.16. The molecule has 3 aromatic rings. The van der Waals surface area contributed by atoms with Crippen molar-refractivity contribution in [2.75, 3.05) is 7.11 Å². The number of halogens is 1. The fraction of sp³-hybridized carbons (Fsp3) is 0.100. The predicted molar refractivity (Wildman–Crippen MR) is 92.9 cm³/mol. The number of methoxy groups -OCH3 is 1. The van der Waals surface area contributed by atoms with Crippen molar-refractivity contribution >= 4 is 11.6 Å². The number of hydrogen-bond acceptors (Lipinski definition) is 3. The van der Waals surface area contributed by atoms with Gasteiger partial charge in [-0.15, -0.1) is 0 Å². The lowest BCUT2D eigenvalue weighted by Gasteiger charge is -2.28.